The van der Waals surface area contributed by atoms with E-state index < -0.39 is 0 Å². The summed E-state index contributed by atoms with van der Waals surface area (Å²) in [6.07, 6.45) is 15.6. The Labute approximate surface area is 147 Å². The first-order chi connectivity index (χ1) is 11.5. The van der Waals surface area contributed by atoms with E-state index in [1.165, 1.54) is 57.8 Å². The maximum atomic E-state index is 10.9. The molecule has 0 unspecified atom stereocenters. The molecule has 4 aliphatic carbocycles. The summed E-state index contributed by atoms with van der Waals surface area (Å²) in [5.74, 6) is 2.57. The van der Waals surface area contributed by atoms with Gasteiger partial charge in [0.25, 0.3) is 0 Å². The van der Waals surface area contributed by atoms with Crippen molar-refractivity contribution in [2.45, 2.75) is 78.6 Å². The van der Waals surface area contributed by atoms with E-state index >= 15 is 0 Å². The summed E-state index contributed by atoms with van der Waals surface area (Å²) in [6, 6.07) is 0. The Bertz CT molecular complexity index is 603. The third-order valence-electron chi connectivity index (χ3n) is 8.53. The van der Waals surface area contributed by atoms with Crippen LogP contribution in [0.15, 0.2) is 22.9 Å². The number of nitrogens with one attached hydrogen (secondary N) is 1. The van der Waals surface area contributed by atoms with Gasteiger partial charge in [0.2, 0.25) is 6.41 Å². The van der Waals surface area contributed by atoms with Crippen molar-refractivity contribution in [1.29, 1.82) is 0 Å². The molecule has 0 saturated heterocycles. The first-order valence-electron chi connectivity index (χ1n) is 10.1. The minimum atomic E-state index is 0.317. The van der Waals surface area contributed by atoms with Gasteiger partial charge in [-0.3, -0.25) is 4.79 Å². The van der Waals surface area contributed by atoms with Gasteiger partial charge in [0, 0.05) is 5.70 Å². The van der Waals surface area contributed by atoms with Crippen molar-refractivity contribution in [2.75, 3.05) is 0 Å². The van der Waals surface area contributed by atoms with E-state index in [9.17, 15) is 4.79 Å². The molecule has 0 radical (unpaired) electrons. The monoisotopic (exact) mass is 327 g/mol. The third kappa shape index (κ3) is 2.17. The molecule has 3 fully saturated rings. The van der Waals surface area contributed by atoms with Crippen molar-refractivity contribution in [3.05, 3.63) is 22.9 Å². The smallest absolute Gasteiger partial charge is 0.211 e. The van der Waals surface area contributed by atoms with Gasteiger partial charge in [-0.25, -0.2) is 0 Å². The summed E-state index contributed by atoms with van der Waals surface area (Å²) in [7, 11) is 0. The van der Waals surface area contributed by atoms with Crippen LogP contribution < -0.4 is 5.32 Å². The molecule has 0 aliphatic heterocycles. The number of allylic oxidation sites excluding steroid dienone is 4. The van der Waals surface area contributed by atoms with Crippen LogP contribution in [0.2, 0.25) is 0 Å². The fourth-order valence-corrected chi connectivity index (χ4v) is 7.30. The molecule has 2 heteroatoms. The van der Waals surface area contributed by atoms with Crippen LogP contribution in [0.1, 0.15) is 78.6 Å². The molecule has 132 valence electrons. The lowest BCUT2D eigenvalue weighted by atomic mass is 9.48. The minimum Gasteiger partial charge on any atom is -0.333 e. The normalized spacial score (nSPS) is 46.3. The van der Waals surface area contributed by atoms with Gasteiger partial charge in [-0.1, -0.05) is 31.9 Å². The van der Waals surface area contributed by atoms with E-state index in [1.54, 1.807) is 11.1 Å². The van der Waals surface area contributed by atoms with Gasteiger partial charge < -0.3 is 5.32 Å². The highest BCUT2D eigenvalue weighted by atomic mass is 16.1. The number of hydrogen-bond acceptors (Lipinski definition) is 1. The molecule has 1 amide bonds. The lowest BCUT2D eigenvalue weighted by molar-refractivity contribution is -0.108. The van der Waals surface area contributed by atoms with Crippen LogP contribution in [-0.4, -0.2) is 6.41 Å². The zero-order valence-electron chi connectivity index (χ0n) is 15.7. The quantitative estimate of drug-likeness (QED) is 0.537. The van der Waals surface area contributed by atoms with Crippen LogP contribution >= 0.6 is 0 Å². The Morgan fingerprint density at radius 3 is 2.71 bits per heavy atom. The fraction of sp³-hybridized carbons (Fsp3) is 0.773. The number of fused-ring (bicyclic) bond motifs is 5. The minimum absolute atomic E-state index is 0.317. The van der Waals surface area contributed by atoms with Crippen molar-refractivity contribution in [2.24, 2.45) is 28.6 Å². The molecule has 3 saturated carbocycles. The Balaban J connectivity index is 1.68. The van der Waals surface area contributed by atoms with E-state index in [4.69, 9.17) is 0 Å². The third-order valence-corrected chi connectivity index (χ3v) is 8.53. The van der Waals surface area contributed by atoms with Crippen LogP contribution in [0.3, 0.4) is 0 Å². The average molecular weight is 328 g/mol. The van der Waals surface area contributed by atoms with Crippen molar-refractivity contribution >= 4 is 6.41 Å². The second-order valence-electron chi connectivity index (χ2n) is 9.33. The highest BCUT2D eigenvalue weighted by Gasteiger charge is 2.56. The summed E-state index contributed by atoms with van der Waals surface area (Å²) >= 11 is 0. The van der Waals surface area contributed by atoms with E-state index in [2.05, 4.69) is 32.2 Å². The Kier molecular flexibility index (Phi) is 3.93. The van der Waals surface area contributed by atoms with Crippen molar-refractivity contribution in [1.82, 2.24) is 5.32 Å². The number of rotatable bonds is 2. The topological polar surface area (TPSA) is 29.1 Å². The van der Waals surface area contributed by atoms with Gasteiger partial charge in [-0.05, 0) is 92.4 Å². The maximum absolute atomic E-state index is 10.9. The van der Waals surface area contributed by atoms with Crippen molar-refractivity contribution in [3.63, 3.8) is 0 Å². The zero-order chi connectivity index (χ0) is 16.9. The molecule has 2 nitrogen and oxygen atoms in total. The number of amides is 1. The largest absolute Gasteiger partial charge is 0.333 e. The van der Waals surface area contributed by atoms with Gasteiger partial charge in [0.05, 0.1) is 0 Å². The highest BCUT2D eigenvalue weighted by molar-refractivity contribution is 5.51. The van der Waals surface area contributed by atoms with Crippen LogP contribution in [0.5, 0.6) is 0 Å². The van der Waals surface area contributed by atoms with Crippen LogP contribution in [-0.2, 0) is 4.79 Å². The number of hydrogen-bond donors (Lipinski definition) is 1. The predicted molar refractivity (Wildman–Crippen MR) is 98.2 cm³/mol. The molecule has 4 rings (SSSR count). The van der Waals surface area contributed by atoms with Gasteiger partial charge in [0.15, 0.2) is 0 Å². The Morgan fingerprint density at radius 2 is 1.92 bits per heavy atom. The standard InChI is InChI=1S/C22H33NO/c1-15(23-14-24)18-9-10-19-17-8-7-16-6-4-5-12-21(16,2)20(17)11-13-22(18,19)3/h7,14,17,19-20H,4-6,8-13H2,1-3H3,(H,23,24)/t17-,19-,20-,21-,22+/m0/s1. The highest BCUT2D eigenvalue weighted by Crippen LogP contribution is 2.66. The molecule has 0 aromatic rings. The second kappa shape index (κ2) is 5.75. The molecule has 0 heterocycles. The van der Waals surface area contributed by atoms with Gasteiger partial charge in [-0.2, -0.15) is 0 Å². The SMILES string of the molecule is CC(NC=O)=C1CC[C@H]2[C@@H]3CC=C4CCCC[C@]4(C)[C@H]3CC[C@]12C. The summed E-state index contributed by atoms with van der Waals surface area (Å²) in [5.41, 5.74) is 5.28. The molecular formula is C22H33NO. The second-order valence-corrected chi connectivity index (χ2v) is 9.33. The van der Waals surface area contributed by atoms with Crippen LogP contribution in [0.4, 0.5) is 0 Å². The number of carbonyl (C=O) groups is 1. The van der Waals surface area contributed by atoms with E-state index in [0.717, 1.165) is 29.9 Å². The fourth-order valence-electron chi connectivity index (χ4n) is 7.30. The molecule has 0 aromatic carbocycles. The first kappa shape index (κ1) is 16.4. The molecular weight excluding hydrogens is 294 g/mol. The number of carbonyl (C=O) groups excluding carboxylic acids is 1. The Hall–Kier alpha value is -1.05. The molecule has 0 bridgehead atoms. The van der Waals surface area contributed by atoms with Crippen LogP contribution in [0.25, 0.3) is 0 Å². The van der Waals surface area contributed by atoms with Crippen LogP contribution in [0, 0.1) is 28.6 Å². The van der Waals surface area contributed by atoms with E-state index in [-0.39, 0.29) is 0 Å². The molecule has 1 N–H and O–H groups in total. The molecule has 4 aliphatic rings. The van der Waals surface area contributed by atoms with Gasteiger partial charge >= 0.3 is 0 Å². The van der Waals surface area contributed by atoms with Crippen molar-refractivity contribution < 1.29 is 4.79 Å². The van der Waals surface area contributed by atoms with E-state index in [1.807, 2.05) is 0 Å². The lowest BCUT2D eigenvalue weighted by Gasteiger charge is -2.57. The summed E-state index contributed by atoms with van der Waals surface area (Å²) in [5, 5.41) is 2.96. The predicted octanol–water partition coefficient (Wildman–Crippen LogP) is 5.36. The maximum Gasteiger partial charge on any atom is 0.211 e. The van der Waals surface area contributed by atoms with Crippen molar-refractivity contribution in [3.8, 4) is 0 Å². The Morgan fingerprint density at radius 1 is 1.12 bits per heavy atom. The first-order valence-corrected chi connectivity index (χ1v) is 10.1. The van der Waals surface area contributed by atoms with Gasteiger partial charge in [0.1, 0.15) is 0 Å². The molecule has 0 spiro atoms. The average Bonchev–Trinajstić information content (AvgIpc) is 2.92. The zero-order valence-corrected chi connectivity index (χ0v) is 15.7. The molecule has 24 heavy (non-hydrogen) atoms. The van der Waals surface area contributed by atoms with Gasteiger partial charge in [-0.15, -0.1) is 0 Å². The molecule has 5 atom stereocenters. The summed E-state index contributed by atoms with van der Waals surface area (Å²) in [4.78, 5) is 10.9. The molecule has 0 aromatic heterocycles. The summed E-state index contributed by atoms with van der Waals surface area (Å²) in [6.45, 7) is 7.18. The lowest BCUT2D eigenvalue weighted by Crippen LogP contribution is -2.48. The van der Waals surface area contributed by atoms with E-state index in [0.29, 0.717) is 10.8 Å². The summed E-state index contributed by atoms with van der Waals surface area (Å²) < 4.78 is 0.